The summed E-state index contributed by atoms with van der Waals surface area (Å²) in [5.74, 6) is -0.709. The van der Waals surface area contributed by atoms with Crippen molar-refractivity contribution in [1.29, 1.82) is 0 Å². The van der Waals surface area contributed by atoms with Gasteiger partial charge in [0.1, 0.15) is 12.1 Å². The molecular weight excluding hydrogens is 336 g/mol. The van der Waals surface area contributed by atoms with E-state index < -0.39 is 24.3 Å². The third kappa shape index (κ3) is 5.08. The molecule has 2 amide bonds. The first-order valence-electron chi connectivity index (χ1n) is 8.55. The fraction of sp³-hybridized carbons (Fsp3) is 0.421. The fourth-order valence-electron chi connectivity index (χ4n) is 2.86. The van der Waals surface area contributed by atoms with Gasteiger partial charge >= 0.3 is 12.1 Å². The zero-order valence-electron chi connectivity index (χ0n) is 14.9. The number of nitrogens with zero attached hydrogens (tertiary/aromatic N) is 1. The van der Waals surface area contributed by atoms with Gasteiger partial charge in [-0.05, 0) is 25.3 Å². The van der Waals surface area contributed by atoms with Crippen LogP contribution in [0.2, 0.25) is 0 Å². The highest BCUT2D eigenvalue weighted by atomic mass is 16.5. The van der Waals surface area contributed by atoms with Crippen molar-refractivity contribution in [3.05, 3.63) is 48.0 Å². The molecule has 0 bridgehead atoms. The Labute approximate surface area is 152 Å². The summed E-state index contributed by atoms with van der Waals surface area (Å²) in [6, 6.07) is 7.86. The molecule has 0 saturated heterocycles. The van der Waals surface area contributed by atoms with Crippen LogP contribution in [0.3, 0.4) is 0 Å². The highest BCUT2D eigenvalue weighted by molar-refractivity contribution is 5.85. The van der Waals surface area contributed by atoms with Crippen LogP contribution in [-0.4, -0.2) is 47.1 Å². The van der Waals surface area contributed by atoms with Crippen LogP contribution in [0.4, 0.5) is 4.79 Å². The molecule has 1 aromatic carbocycles. The van der Waals surface area contributed by atoms with Crippen molar-refractivity contribution in [3.63, 3.8) is 0 Å². The van der Waals surface area contributed by atoms with Gasteiger partial charge in [0.05, 0.1) is 6.04 Å². The minimum absolute atomic E-state index is 0.223. The first-order valence-corrected chi connectivity index (χ1v) is 8.55. The molecular formula is C19H24N2O5. The summed E-state index contributed by atoms with van der Waals surface area (Å²) in [7, 11) is 1.59. The van der Waals surface area contributed by atoms with Crippen LogP contribution < -0.4 is 5.32 Å². The number of rotatable bonds is 2. The maximum atomic E-state index is 12.8. The number of hydrogen-bond acceptors (Lipinski definition) is 4. The molecule has 0 aliphatic carbocycles. The van der Waals surface area contributed by atoms with Gasteiger partial charge in [0, 0.05) is 13.5 Å². The maximum Gasteiger partial charge on any atom is 0.405 e. The molecule has 0 unspecified atom stereocenters. The molecule has 0 saturated carbocycles. The average molecular weight is 360 g/mol. The lowest BCUT2D eigenvalue weighted by Gasteiger charge is -2.34. The average Bonchev–Trinajstić information content (AvgIpc) is 2.62. The molecule has 2 rings (SSSR count). The number of esters is 1. The first-order chi connectivity index (χ1) is 12.4. The molecule has 2 N–H and O–H groups in total. The minimum Gasteiger partial charge on any atom is -0.465 e. The van der Waals surface area contributed by atoms with Crippen LogP contribution in [0.25, 0.3) is 0 Å². The Morgan fingerprint density at radius 3 is 2.58 bits per heavy atom. The summed E-state index contributed by atoms with van der Waals surface area (Å²) in [4.78, 5) is 37.4. The van der Waals surface area contributed by atoms with Crippen LogP contribution in [0.15, 0.2) is 42.5 Å². The number of ether oxygens (including phenoxy) is 1. The molecule has 26 heavy (non-hydrogen) atoms. The Bertz CT molecular complexity index is 674. The van der Waals surface area contributed by atoms with E-state index >= 15 is 0 Å². The van der Waals surface area contributed by atoms with Gasteiger partial charge in [-0.1, -0.05) is 42.5 Å². The summed E-state index contributed by atoms with van der Waals surface area (Å²) in [6.45, 7) is 1.78. The lowest BCUT2D eigenvalue weighted by molar-refractivity contribution is -0.155. The Hall–Kier alpha value is -2.83. The standard InChI is InChI=1S/C19H24N2O5/c1-13-17(14-9-5-3-6-10-14)26-16(22)12-8-4-7-11-15(20-19(24)25)18(23)21(13)2/h3-7,9-10,13,15,17,20H,8,11-12H2,1-2H3,(H,24,25)/b7-4+/t13-,15+,17-/m0/s1. The number of cyclic esters (lactones) is 1. The summed E-state index contributed by atoms with van der Waals surface area (Å²) >= 11 is 0. The van der Waals surface area contributed by atoms with E-state index in [2.05, 4.69) is 5.32 Å². The van der Waals surface area contributed by atoms with E-state index in [1.54, 1.807) is 26.1 Å². The van der Waals surface area contributed by atoms with Gasteiger partial charge < -0.3 is 20.1 Å². The highest BCUT2D eigenvalue weighted by Crippen LogP contribution is 2.26. The van der Waals surface area contributed by atoms with Gasteiger partial charge in [0.2, 0.25) is 5.91 Å². The third-order valence-electron chi connectivity index (χ3n) is 4.43. The van der Waals surface area contributed by atoms with E-state index in [4.69, 9.17) is 9.84 Å². The van der Waals surface area contributed by atoms with E-state index in [1.165, 1.54) is 4.90 Å². The van der Waals surface area contributed by atoms with Crippen LogP contribution in [0.5, 0.6) is 0 Å². The minimum atomic E-state index is -1.25. The molecule has 1 aromatic rings. The topological polar surface area (TPSA) is 95.9 Å². The normalized spacial score (nSPS) is 26.2. The summed E-state index contributed by atoms with van der Waals surface area (Å²) < 4.78 is 5.65. The quantitative estimate of drug-likeness (QED) is 0.624. The van der Waals surface area contributed by atoms with Gasteiger partial charge in [-0.2, -0.15) is 0 Å². The zero-order chi connectivity index (χ0) is 19.1. The molecule has 3 atom stereocenters. The van der Waals surface area contributed by atoms with Crippen molar-refractivity contribution in [2.75, 3.05) is 7.05 Å². The number of allylic oxidation sites excluding steroid dienone is 1. The van der Waals surface area contributed by atoms with E-state index in [-0.39, 0.29) is 24.7 Å². The number of hydrogen-bond donors (Lipinski definition) is 2. The summed E-state index contributed by atoms with van der Waals surface area (Å²) in [6.07, 6.45) is 2.50. The lowest BCUT2D eigenvalue weighted by atomic mass is 10.0. The molecule has 140 valence electrons. The number of amides is 2. The molecule has 7 heteroatoms. The number of carbonyl (C=O) groups excluding carboxylic acids is 2. The maximum absolute atomic E-state index is 12.8. The first kappa shape index (κ1) is 19.5. The second kappa shape index (κ2) is 9.03. The van der Waals surface area contributed by atoms with E-state index in [0.29, 0.717) is 6.42 Å². The molecule has 7 nitrogen and oxygen atoms in total. The van der Waals surface area contributed by atoms with Crippen molar-refractivity contribution in [1.82, 2.24) is 10.2 Å². The van der Waals surface area contributed by atoms with Crippen LogP contribution in [0.1, 0.15) is 37.9 Å². The van der Waals surface area contributed by atoms with Crippen molar-refractivity contribution >= 4 is 18.0 Å². The molecule has 1 aliphatic heterocycles. The third-order valence-corrected chi connectivity index (χ3v) is 4.43. The number of benzene rings is 1. The van der Waals surface area contributed by atoms with Gasteiger partial charge in [0.25, 0.3) is 0 Å². The fourth-order valence-corrected chi connectivity index (χ4v) is 2.86. The Morgan fingerprint density at radius 1 is 1.23 bits per heavy atom. The van der Waals surface area contributed by atoms with Crippen LogP contribution >= 0.6 is 0 Å². The molecule has 1 heterocycles. The van der Waals surface area contributed by atoms with Crippen molar-refractivity contribution in [3.8, 4) is 0 Å². The van der Waals surface area contributed by atoms with E-state index in [0.717, 1.165) is 5.56 Å². The highest BCUT2D eigenvalue weighted by Gasteiger charge is 2.32. The molecule has 1 aliphatic rings. The number of likely N-dealkylation sites (N-methyl/N-ethyl adjacent to an activating group) is 1. The van der Waals surface area contributed by atoms with Crippen molar-refractivity contribution in [2.24, 2.45) is 0 Å². The largest absolute Gasteiger partial charge is 0.465 e. The molecule has 0 aromatic heterocycles. The second-order valence-corrected chi connectivity index (χ2v) is 6.26. The number of nitrogens with one attached hydrogen (secondary N) is 1. The van der Waals surface area contributed by atoms with Gasteiger partial charge in [-0.15, -0.1) is 0 Å². The van der Waals surface area contributed by atoms with Crippen molar-refractivity contribution < 1.29 is 24.2 Å². The van der Waals surface area contributed by atoms with Gasteiger partial charge in [-0.3, -0.25) is 9.59 Å². The summed E-state index contributed by atoms with van der Waals surface area (Å²) in [5.41, 5.74) is 0.781. The molecule has 0 radical (unpaired) electrons. The van der Waals surface area contributed by atoms with Gasteiger partial charge in [0.15, 0.2) is 0 Å². The van der Waals surface area contributed by atoms with Gasteiger partial charge in [-0.25, -0.2) is 4.79 Å². The zero-order valence-corrected chi connectivity index (χ0v) is 14.9. The Balaban J connectivity index is 2.34. The summed E-state index contributed by atoms with van der Waals surface area (Å²) in [5, 5.41) is 11.3. The molecule has 0 spiro atoms. The SMILES string of the molecule is C[C@H]1[C@@H](c2ccccc2)OC(=O)CC/C=C/C[C@@H](NC(=O)O)C(=O)N1C. The Kier molecular flexibility index (Phi) is 6.77. The predicted molar refractivity (Wildman–Crippen MR) is 95.4 cm³/mol. The van der Waals surface area contributed by atoms with E-state index in [9.17, 15) is 14.4 Å². The van der Waals surface area contributed by atoms with E-state index in [1.807, 2.05) is 30.3 Å². The number of carbonyl (C=O) groups is 3. The Morgan fingerprint density at radius 2 is 1.92 bits per heavy atom. The predicted octanol–water partition coefficient (Wildman–Crippen LogP) is 2.49. The number of carboxylic acid groups (broad SMARTS) is 1. The smallest absolute Gasteiger partial charge is 0.405 e. The lowest BCUT2D eigenvalue weighted by Crippen LogP contribution is -2.51. The van der Waals surface area contributed by atoms with Crippen LogP contribution in [0, 0.1) is 0 Å². The molecule has 0 fully saturated rings. The monoisotopic (exact) mass is 360 g/mol. The second-order valence-electron chi connectivity index (χ2n) is 6.26. The van der Waals surface area contributed by atoms with Crippen LogP contribution in [-0.2, 0) is 14.3 Å². The van der Waals surface area contributed by atoms with Crippen molar-refractivity contribution in [2.45, 2.75) is 44.4 Å².